The molecule has 1 heterocycles. The molecule has 13 heavy (non-hydrogen) atoms. The Morgan fingerprint density at radius 3 is 3.00 bits per heavy atom. The first-order valence-corrected chi connectivity index (χ1v) is 4.64. The van der Waals surface area contributed by atoms with Crippen LogP contribution in [0.25, 0.3) is 0 Å². The van der Waals surface area contributed by atoms with Crippen LogP contribution in [0.4, 0.5) is 5.69 Å². The minimum absolute atomic E-state index is 0.230. The predicted molar refractivity (Wildman–Crippen MR) is 55.7 cm³/mol. The molecular weight excluding hydrogens is 162 g/mol. The van der Waals surface area contributed by atoms with Gasteiger partial charge < -0.3 is 11.1 Å². The van der Waals surface area contributed by atoms with Gasteiger partial charge in [0.1, 0.15) is 0 Å². The van der Waals surface area contributed by atoms with Crippen LogP contribution < -0.4 is 11.1 Å². The number of rotatable bonds is 4. The van der Waals surface area contributed by atoms with Crippen LogP contribution in [0, 0.1) is 6.92 Å². The van der Waals surface area contributed by atoms with Gasteiger partial charge in [-0.3, -0.25) is 4.98 Å². The molecule has 3 N–H and O–H groups in total. The van der Waals surface area contributed by atoms with Crippen molar-refractivity contribution in [1.82, 2.24) is 4.98 Å². The van der Waals surface area contributed by atoms with Crippen molar-refractivity contribution in [3.05, 3.63) is 24.0 Å². The quantitative estimate of drug-likeness (QED) is 0.737. The molecule has 1 rings (SSSR count). The van der Waals surface area contributed by atoms with Gasteiger partial charge in [0, 0.05) is 30.2 Å². The first-order valence-electron chi connectivity index (χ1n) is 4.64. The summed E-state index contributed by atoms with van der Waals surface area (Å²) in [5.74, 6) is 0. The maximum atomic E-state index is 5.78. The Balaban J connectivity index is 2.45. The number of pyridine rings is 1. The molecule has 1 unspecified atom stereocenters. The minimum atomic E-state index is 0.230. The highest BCUT2D eigenvalue weighted by atomic mass is 14.9. The normalized spacial score (nSPS) is 12.5. The summed E-state index contributed by atoms with van der Waals surface area (Å²) in [5.41, 5.74) is 7.90. The molecule has 3 heteroatoms. The highest BCUT2D eigenvalue weighted by Crippen LogP contribution is 2.06. The maximum Gasteiger partial charge on any atom is 0.0393 e. The zero-order valence-corrected chi connectivity index (χ0v) is 8.25. The fraction of sp³-hybridized carbons (Fsp3) is 0.500. The van der Waals surface area contributed by atoms with Gasteiger partial charge in [-0.1, -0.05) is 6.92 Å². The summed E-state index contributed by atoms with van der Waals surface area (Å²) in [7, 11) is 0. The van der Waals surface area contributed by atoms with Gasteiger partial charge >= 0.3 is 0 Å². The first-order chi connectivity index (χ1) is 6.22. The lowest BCUT2D eigenvalue weighted by Gasteiger charge is -2.11. The van der Waals surface area contributed by atoms with Crippen LogP contribution in [0.1, 0.15) is 19.0 Å². The van der Waals surface area contributed by atoms with Gasteiger partial charge in [0.15, 0.2) is 0 Å². The van der Waals surface area contributed by atoms with Crippen LogP contribution in [0.5, 0.6) is 0 Å². The summed E-state index contributed by atoms with van der Waals surface area (Å²) in [6.07, 6.45) is 2.80. The van der Waals surface area contributed by atoms with E-state index in [1.807, 2.05) is 19.1 Å². The molecule has 0 fully saturated rings. The van der Waals surface area contributed by atoms with Gasteiger partial charge in [0.2, 0.25) is 0 Å². The van der Waals surface area contributed by atoms with Crippen LogP contribution in [0.15, 0.2) is 18.3 Å². The van der Waals surface area contributed by atoms with Gasteiger partial charge in [0.25, 0.3) is 0 Å². The second-order valence-corrected chi connectivity index (χ2v) is 3.24. The number of hydrogen-bond donors (Lipinski definition) is 2. The lowest BCUT2D eigenvalue weighted by molar-refractivity contribution is 0.679. The largest absolute Gasteiger partial charge is 0.383 e. The Morgan fingerprint density at radius 1 is 1.62 bits per heavy atom. The zero-order chi connectivity index (χ0) is 9.68. The number of aryl methyl sites for hydroxylation is 1. The van der Waals surface area contributed by atoms with E-state index in [9.17, 15) is 0 Å². The molecule has 0 amide bonds. The van der Waals surface area contributed by atoms with Crippen LogP contribution in [0.2, 0.25) is 0 Å². The van der Waals surface area contributed by atoms with Crippen molar-refractivity contribution in [3.63, 3.8) is 0 Å². The van der Waals surface area contributed by atoms with E-state index in [4.69, 9.17) is 5.73 Å². The molecule has 72 valence electrons. The molecule has 0 saturated carbocycles. The average Bonchev–Trinajstić information content (AvgIpc) is 2.14. The van der Waals surface area contributed by atoms with E-state index in [1.165, 1.54) is 0 Å². The van der Waals surface area contributed by atoms with Gasteiger partial charge in [-0.25, -0.2) is 0 Å². The molecule has 1 aromatic rings. The number of nitrogens with one attached hydrogen (secondary N) is 1. The molecular formula is C10H17N3. The lowest BCUT2D eigenvalue weighted by Crippen LogP contribution is -2.27. The van der Waals surface area contributed by atoms with E-state index < -0.39 is 0 Å². The van der Waals surface area contributed by atoms with Gasteiger partial charge in [-0.2, -0.15) is 0 Å². The summed E-state index contributed by atoms with van der Waals surface area (Å²) in [5, 5.41) is 3.27. The van der Waals surface area contributed by atoms with E-state index >= 15 is 0 Å². The Hall–Kier alpha value is -1.09. The van der Waals surface area contributed by atoms with Gasteiger partial charge in [-0.15, -0.1) is 0 Å². The second-order valence-electron chi connectivity index (χ2n) is 3.24. The van der Waals surface area contributed by atoms with Gasteiger partial charge in [-0.05, 0) is 25.5 Å². The predicted octanol–water partition coefficient (Wildman–Crippen LogP) is 1.54. The number of aromatic nitrogens is 1. The first kappa shape index (κ1) is 9.99. The Kier molecular flexibility index (Phi) is 3.71. The molecule has 0 radical (unpaired) electrons. The Labute approximate surface area is 79.4 Å². The highest BCUT2D eigenvalue weighted by Gasteiger charge is 1.98. The van der Waals surface area contributed by atoms with E-state index in [2.05, 4.69) is 17.2 Å². The topological polar surface area (TPSA) is 50.9 Å². The van der Waals surface area contributed by atoms with E-state index in [1.54, 1.807) is 6.20 Å². The van der Waals surface area contributed by atoms with Crippen molar-refractivity contribution >= 4 is 5.69 Å². The monoisotopic (exact) mass is 179 g/mol. The molecule has 1 aromatic heterocycles. The summed E-state index contributed by atoms with van der Waals surface area (Å²) in [6, 6.07) is 4.20. The molecule has 0 aliphatic carbocycles. The molecule has 0 aromatic carbocycles. The SMILES string of the molecule is CCC(N)CNc1ccnc(C)c1. The van der Waals surface area contributed by atoms with E-state index in [0.29, 0.717) is 0 Å². The molecule has 1 atom stereocenters. The standard InChI is InChI=1S/C10H17N3/c1-3-9(11)7-13-10-4-5-12-8(2)6-10/h4-6,9H,3,7,11H2,1-2H3,(H,12,13). The third-order valence-electron chi connectivity index (χ3n) is 1.99. The van der Waals surface area contributed by atoms with Crippen molar-refractivity contribution in [2.75, 3.05) is 11.9 Å². The van der Waals surface area contributed by atoms with Crippen molar-refractivity contribution in [1.29, 1.82) is 0 Å². The zero-order valence-electron chi connectivity index (χ0n) is 8.25. The van der Waals surface area contributed by atoms with Crippen LogP contribution in [0.3, 0.4) is 0 Å². The number of nitrogens with zero attached hydrogens (tertiary/aromatic N) is 1. The maximum absolute atomic E-state index is 5.78. The van der Waals surface area contributed by atoms with E-state index in [-0.39, 0.29) is 6.04 Å². The summed E-state index contributed by atoms with van der Waals surface area (Å²) in [6.45, 7) is 4.88. The molecule has 0 aliphatic heterocycles. The Morgan fingerprint density at radius 2 is 2.38 bits per heavy atom. The Bertz CT molecular complexity index is 260. The smallest absolute Gasteiger partial charge is 0.0393 e. The third kappa shape index (κ3) is 3.42. The summed E-state index contributed by atoms with van der Waals surface area (Å²) in [4.78, 5) is 4.12. The molecule has 0 saturated heterocycles. The van der Waals surface area contributed by atoms with E-state index in [0.717, 1.165) is 24.3 Å². The summed E-state index contributed by atoms with van der Waals surface area (Å²) < 4.78 is 0. The number of anilines is 1. The average molecular weight is 179 g/mol. The molecule has 0 spiro atoms. The summed E-state index contributed by atoms with van der Waals surface area (Å²) >= 11 is 0. The van der Waals surface area contributed by atoms with Crippen molar-refractivity contribution in [3.8, 4) is 0 Å². The minimum Gasteiger partial charge on any atom is -0.383 e. The third-order valence-corrected chi connectivity index (χ3v) is 1.99. The number of hydrogen-bond acceptors (Lipinski definition) is 3. The number of nitrogens with two attached hydrogens (primary N) is 1. The molecule has 3 nitrogen and oxygen atoms in total. The van der Waals surface area contributed by atoms with Crippen LogP contribution >= 0.6 is 0 Å². The van der Waals surface area contributed by atoms with Crippen molar-refractivity contribution in [2.24, 2.45) is 5.73 Å². The van der Waals surface area contributed by atoms with Crippen LogP contribution in [-0.4, -0.2) is 17.6 Å². The fourth-order valence-corrected chi connectivity index (χ4v) is 1.05. The van der Waals surface area contributed by atoms with Crippen molar-refractivity contribution < 1.29 is 0 Å². The van der Waals surface area contributed by atoms with Crippen LogP contribution in [-0.2, 0) is 0 Å². The molecule has 0 aliphatic rings. The highest BCUT2D eigenvalue weighted by molar-refractivity contribution is 5.42. The lowest BCUT2D eigenvalue weighted by atomic mass is 10.2. The van der Waals surface area contributed by atoms with Gasteiger partial charge in [0.05, 0.1) is 0 Å². The molecule has 0 bridgehead atoms. The van der Waals surface area contributed by atoms with Crippen molar-refractivity contribution in [2.45, 2.75) is 26.3 Å². The fourth-order valence-electron chi connectivity index (χ4n) is 1.05. The second kappa shape index (κ2) is 4.82.